The van der Waals surface area contributed by atoms with Crippen LogP contribution in [-0.4, -0.2) is 6.04 Å². The van der Waals surface area contributed by atoms with Crippen molar-refractivity contribution in [2.75, 3.05) is 0 Å². The molecule has 2 N–H and O–H groups in total. The minimum absolute atomic E-state index is 0.192. The van der Waals surface area contributed by atoms with Crippen molar-refractivity contribution in [3.63, 3.8) is 0 Å². The predicted octanol–water partition coefficient (Wildman–Crippen LogP) is 3.15. The Labute approximate surface area is 94.4 Å². The highest BCUT2D eigenvalue weighted by Gasteiger charge is 2.23. The van der Waals surface area contributed by atoms with E-state index in [1.54, 1.807) is 12.1 Å². The van der Waals surface area contributed by atoms with E-state index in [1.165, 1.54) is 6.07 Å². The van der Waals surface area contributed by atoms with Crippen molar-refractivity contribution in [1.82, 2.24) is 0 Å². The molecule has 1 fully saturated rings. The lowest BCUT2D eigenvalue weighted by Crippen LogP contribution is -2.15. The fourth-order valence-corrected chi connectivity index (χ4v) is 2.56. The van der Waals surface area contributed by atoms with E-state index in [4.69, 9.17) is 17.3 Å². The molecule has 0 aromatic heterocycles. The SMILES string of the molecule is NC1CCC(Cc2c(F)cccc2Cl)C1. The Balaban J connectivity index is 2.10. The van der Waals surface area contributed by atoms with Gasteiger partial charge in [0.2, 0.25) is 0 Å². The lowest BCUT2D eigenvalue weighted by atomic mass is 9.97. The van der Waals surface area contributed by atoms with Gasteiger partial charge in [0.1, 0.15) is 5.82 Å². The monoisotopic (exact) mass is 227 g/mol. The van der Waals surface area contributed by atoms with Crippen LogP contribution < -0.4 is 5.73 Å². The third-order valence-electron chi connectivity index (χ3n) is 3.14. The van der Waals surface area contributed by atoms with E-state index in [2.05, 4.69) is 0 Å². The summed E-state index contributed by atoms with van der Waals surface area (Å²) in [5.41, 5.74) is 6.48. The third-order valence-corrected chi connectivity index (χ3v) is 3.49. The van der Waals surface area contributed by atoms with Crippen molar-refractivity contribution in [1.29, 1.82) is 0 Å². The zero-order valence-electron chi connectivity index (χ0n) is 8.55. The van der Waals surface area contributed by atoms with E-state index >= 15 is 0 Å². The third kappa shape index (κ3) is 2.50. The predicted molar refractivity (Wildman–Crippen MR) is 60.4 cm³/mol. The lowest BCUT2D eigenvalue weighted by Gasteiger charge is -2.11. The minimum Gasteiger partial charge on any atom is -0.328 e. The van der Waals surface area contributed by atoms with Gasteiger partial charge >= 0.3 is 0 Å². The molecule has 3 heteroatoms. The number of hydrogen-bond donors (Lipinski definition) is 1. The van der Waals surface area contributed by atoms with Gasteiger partial charge in [-0.25, -0.2) is 4.39 Å². The Hall–Kier alpha value is -0.600. The summed E-state index contributed by atoms with van der Waals surface area (Å²) < 4.78 is 13.5. The second-order valence-corrected chi connectivity index (χ2v) is 4.75. The van der Waals surface area contributed by atoms with Crippen LogP contribution in [0.15, 0.2) is 18.2 Å². The van der Waals surface area contributed by atoms with Gasteiger partial charge in [-0.1, -0.05) is 17.7 Å². The van der Waals surface area contributed by atoms with Crippen molar-refractivity contribution in [2.24, 2.45) is 11.7 Å². The summed E-state index contributed by atoms with van der Waals surface area (Å²) >= 11 is 5.97. The highest BCUT2D eigenvalue weighted by Crippen LogP contribution is 2.30. The molecule has 2 atom stereocenters. The molecule has 0 bridgehead atoms. The summed E-state index contributed by atoms with van der Waals surface area (Å²) in [4.78, 5) is 0. The molecule has 82 valence electrons. The van der Waals surface area contributed by atoms with Crippen LogP contribution in [0.5, 0.6) is 0 Å². The Morgan fingerprint density at radius 2 is 2.20 bits per heavy atom. The van der Waals surface area contributed by atoms with Crippen LogP contribution >= 0.6 is 11.6 Å². The maximum absolute atomic E-state index is 13.5. The molecular weight excluding hydrogens is 213 g/mol. The van der Waals surface area contributed by atoms with Gasteiger partial charge in [0.25, 0.3) is 0 Å². The van der Waals surface area contributed by atoms with Crippen LogP contribution in [0, 0.1) is 11.7 Å². The van der Waals surface area contributed by atoms with E-state index in [0.29, 0.717) is 22.5 Å². The molecule has 1 aromatic rings. The van der Waals surface area contributed by atoms with Gasteiger partial charge in [-0.3, -0.25) is 0 Å². The molecule has 0 amide bonds. The largest absolute Gasteiger partial charge is 0.328 e. The Kier molecular flexibility index (Phi) is 3.27. The number of halogens is 2. The van der Waals surface area contributed by atoms with Crippen LogP contribution in [0.25, 0.3) is 0 Å². The van der Waals surface area contributed by atoms with Crippen molar-refractivity contribution in [3.8, 4) is 0 Å². The summed E-state index contributed by atoms with van der Waals surface area (Å²) in [6.45, 7) is 0. The molecule has 1 saturated carbocycles. The normalized spacial score (nSPS) is 25.8. The second kappa shape index (κ2) is 4.50. The van der Waals surface area contributed by atoms with Gasteiger partial charge in [0.15, 0.2) is 0 Å². The lowest BCUT2D eigenvalue weighted by molar-refractivity contribution is 0.513. The van der Waals surface area contributed by atoms with Gasteiger partial charge in [0.05, 0.1) is 0 Å². The zero-order valence-corrected chi connectivity index (χ0v) is 9.30. The first-order chi connectivity index (χ1) is 7.16. The van der Waals surface area contributed by atoms with Crippen molar-refractivity contribution >= 4 is 11.6 Å². The molecule has 0 spiro atoms. The maximum Gasteiger partial charge on any atom is 0.127 e. The standard InChI is InChI=1S/C12H15ClFN/c13-11-2-1-3-12(14)10(11)7-8-4-5-9(15)6-8/h1-3,8-9H,4-7,15H2. The smallest absolute Gasteiger partial charge is 0.127 e. The number of hydrogen-bond acceptors (Lipinski definition) is 1. The average Bonchev–Trinajstić information content (AvgIpc) is 2.58. The summed E-state index contributed by atoms with van der Waals surface area (Å²) in [6.07, 6.45) is 3.85. The number of benzene rings is 1. The van der Waals surface area contributed by atoms with E-state index in [9.17, 15) is 4.39 Å². The average molecular weight is 228 g/mol. The Morgan fingerprint density at radius 1 is 1.40 bits per heavy atom. The van der Waals surface area contributed by atoms with Crippen molar-refractivity contribution in [3.05, 3.63) is 34.6 Å². The van der Waals surface area contributed by atoms with E-state index in [-0.39, 0.29) is 5.82 Å². The molecule has 0 aliphatic heterocycles. The quantitative estimate of drug-likeness (QED) is 0.825. The first kappa shape index (κ1) is 10.9. The summed E-state index contributed by atoms with van der Waals surface area (Å²) in [5.74, 6) is 0.303. The summed E-state index contributed by atoms with van der Waals surface area (Å²) in [6, 6.07) is 5.15. The second-order valence-electron chi connectivity index (χ2n) is 4.34. The van der Waals surface area contributed by atoms with Crippen molar-refractivity contribution < 1.29 is 4.39 Å². The summed E-state index contributed by atoms with van der Waals surface area (Å²) in [7, 11) is 0. The summed E-state index contributed by atoms with van der Waals surface area (Å²) in [5, 5.41) is 0.537. The molecule has 0 saturated heterocycles. The van der Waals surface area contributed by atoms with Crippen LogP contribution in [0.1, 0.15) is 24.8 Å². The Morgan fingerprint density at radius 3 is 2.80 bits per heavy atom. The topological polar surface area (TPSA) is 26.0 Å². The van der Waals surface area contributed by atoms with Gasteiger partial charge in [-0.15, -0.1) is 0 Å². The molecule has 1 nitrogen and oxygen atoms in total. The molecule has 0 radical (unpaired) electrons. The Bertz CT molecular complexity index is 333. The highest BCUT2D eigenvalue weighted by molar-refractivity contribution is 6.31. The van der Waals surface area contributed by atoms with Gasteiger partial charge < -0.3 is 5.73 Å². The molecule has 15 heavy (non-hydrogen) atoms. The van der Waals surface area contributed by atoms with E-state index in [1.807, 2.05) is 0 Å². The first-order valence-corrected chi connectivity index (χ1v) is 5.73. The number of nitrogens with two attached hydrogens (primary N) is 1. The van der Waals surface area contributed by atoms with Crippen molar-refractivity contribution in [2.45, 2.75) is 31.7 Å². The van der Waals surface area contributed by atoms with Crippen LogP contribution in [-0.2, 0) is 6.42 Å². The highest BCUT2D eigenvalue weighted by atomic mass is 35.5. The minimum atomic E-state index is -0.192. The zero-order chi connectivity index (χ0) is 10.8. The number of rotatable bonds is 2. The maximum atomic E-state index is 13.5. The molecule has 2 rings (SSSR count). The molecule has 1 aromatic carbocycles. The van der Waals surface area contributed by atoms with E-state index in [0.717, 1.165) is 25.7 Å². The fourth-order valence-electron chi connectivity index (χ4n) is 2.32. The first-order valence-electron chi connectivity index (χ1n) is 5.35. The van der Waals surface area contributed by atoms with Gasteiger partial charge in [0, 0.05) is 16.6 Å². The van der Waals surface area contributed by atoms with Crippen LogP contribution in [0.2, 0.25) is 5.02 Å². The van der Waals surface area contributed by atoms with E-state index < -0.39 is 0 Å². The molecule has 1 aliphatic carbocycles. The van der Waals surface area contributed by atoms with Gasteiger partial charge in [-0.2, -0.15) is 0 Å². The molecule has 0 heterocycles. The fraction of sp³-hybridized carbons (Fsp3) is 0.500. The molecular formula is C12H15ClFN. The van der Waals surface area contributed by atoms with Crippen LogP contribution in [0.3, 0.4) is 0 Å². The molecule has 1 aliphatic rings. The molecule has 2 unspecified atom stereocenters. The van der Waals surface area contributed by atoms with Gasteiger partial charge in [-0.05, 0) is 43.7 Å². The van der Waals surface area contributed by atoms with Crippen LogP contribution in [0.4, 0.5) is 4.39 Å².